The van der Waals surface area contributed by atoms with Crippen molar-refractivity contribution in [1.82, 2.24) is 0 Å². The molecule has 0 amide bonds. The summed E-state index contributed by atoms with van der Waals surface area (Å²) in [5.74, 6) is -1.01. The molecule has 0 saturated heterocycles. The summed E-state index contributed by atoms with van der Waals surface area (Å²) < 4.78 is 25.7. The fourth-order valence-corrected chi connectivity index (χ4v) is 1.65. The molecular weight excluding hydrogens is 218 g/mol. The predicted octanol–water partition coefficient (Wildman–Crippen LogP) is 3.07. The molecular formula is C11H10F2OS. The summed E-state index contributed by atoms with van der Waals surface area (Å²) >= 11 is 1.34. The number of thioether (sulfide) groups is 1. The molecule has 0 saturated carbocycles. The molecule has 0 unspecified atom stereocenters. The largest absolute Gasteiger partial charge is 0.293 e. The van der Waals surface area contributed by atoms with E-state index in [1.54, 1.807) is 6.08 Å². The Morgan fingerprint density at radius 3 is 2.80 bits per heavy atom. The normalized spacial score (nSPS) is 10.0. The number of hydrogen-bond donors (Lipinski definition) is 0. The number of carbonyl (C=O) groups is 1. The quantitative estimate of drug-likeness (QED) is 0.437. The van der Waals surface area contributed by atoms with E-state index in [0.717, 1.165) is 6.07 Å². The van der Waals surface area contributed by atoms with Gasteiger partial charge in [0.25, 0.3) is 0 Å². The van der Waals surface area contributed by atoms with Crippen molar-refractivity contribution in [1.29, 1.82) is 0 Å². The molecule has 80 valence electrons. The molecule has 0 heterocycles. The van der Waals surface area contributed by atoms with Crippen LogP contribution in [0.2, 0.25) is 0 Å². The Morgan fingerprint density at radius 2 is 2.20 bits per heavy atom. The van der Waals surface area contributed by atoms with Crippen molar-refractivity contribution in [3.05, 3.63) is 48.1 Å². The highest BCUT2D eigenvalue weighted by atomic mass is 32.2. The zero-order chi connectivity index (χ0) is 11.3. The fourth-order valence-electron chi connectivity index (χ4n) is 1.03. The Labute approximate surface area is 91.2 Å². The molecule has 0 fully saturated rings. The number of carbonyl (C=O) groups excluding carboxylic acids is 1. The van der Waals surface area contributed by atoms with Crippen molar-refractivity contribution in [2.45, 2.75) is 0 Å². The van der Waals surface area contributed by atoms with Gasteiger partial charge in [0.2, 0.25) is 0 Å². The third kappa shape index (κ3) is 3.47. The number of benzene rings is 1. The highest BCUT2D eigenvalue weighted by Gasteiger charge is 2.11. The van der Waals surface area contributed by atoms with E-state index in [1.807, 2.05) is 0 Å². The van der Waals surface area contributed by atoms with Gasteiger partial charge in [-0.15, -0.1) is 18.3 Å². The Morgan fingerprint density at radius 1 is 1.47 bits per heavy atom. The maximum atomic E-state index is 13.1. The van der Waals surface area contributed by atoms with E-state index in [4.69, 9.17) is 0 Å². The topological polar surface area (TPSA) is 17.1 Å². The van der Waals surface area contributed by atoms with E-state index >= 15 is 0 Å². The maximum Gasteiger partial charge on any atom is 0.175 e. The molecule has 0 bridgehead atoms. The third-order valence-electron chi connectivity index (χ3n) is 1.70. The molecule has 0 aliphatic heterocycles. The number of hydrogen-bond acceptors (Lipinski definition) is 2. The molecule has 15 heavy (non-hydrogen) atoms. The first-order valence-corrected chi connectivity index (χ1v) is 5.47. The van der Waals surface area contributed by atoms with Gasteiger partial charge in [-0.1, -0.05) is 6.08 Å². The lowest BCUT2D eigenvalue weighted by Gasteiger charge is -2.01. The van der Waals surface area contributed by atoms with E-state index < -0.39 is 11.6 Å². The lowest BCUT2D eigenvalue weighted by atomic mass is 10.1. The Kier molecular flexibility index (Phi) is 4.49. The summed E-state index contributed by atoms with van der Waals surface area (Å²) in [4.78, 5) is 11.4. The molecule has 1 aromatic carbocycles. The molecule has 1 aromatic rings. The summed E-state index contributed by atoms with van der Waals surface area (Å²) in [6.45, 7) is 3.50. The average Bonchev–Trinajstić information content (AvgIpc) is 2.17. The second-order valence-corrected chi connectivity index (χ2v) is 3.88. The van der Waals surface area contributed by atoms with Crippen LogP contribution >= 0.6 is 11.8 Å². The van der Waals surface area contributed by atoms with Crippen LogP contribution in [0.5, 0.6) is 0 Å². The van der Waals surface area contributed by atoms with E-state index in [1.165, 1.54) is 17.8 Å². The molecule has 0 N–H and O–H groups in total. The van der Waals surface area contributed by atoms with Crippen LogP contribution in [-0.4, -0.2) is 17.3 Å². The van der Waals surface area contributed by atoms with E-state index in [2.05, 4.69) is 6.58 Å². The minimum absolute atomic E-state index is 0.0621. The number of ketones is 1. The van der Waals surface area contributed by atoms with Gasteiger partial charge >= 0.3 is 0 Å². The first-order chi connectivity index (χ1) is 7.15. The fraction of sp³-hybridized carbons (Fsp3) is 0.182. The van der Waals surface area contributed by atoms with Crippen LogP contribution in [0.4, 0.5) is 8.78 Å². The van der Waals surface area contributed by atoms with Crippen LogP contribution in [0.25, 0.3) is 0 Å². The van der Waals surface area contributed by atoms with Gasteiger partial charge < -0.3 is 0 Å². The number of halogens is 2. The SMILES string of the molecule is C=CCSCC(=O)c1ccc(F)cc1F. The first-order valence-electron chi connectivity index (χ1n) is 4.32. The van der Waals surface area contributed by atoms with Gasteiger partial charge in [0.05, 0.1) is 11.3 Å². The zero-order valence-corrected chi connectivity index (χ0v) is 8.82. The van der Waals surface area contributed by atoms with Gasteiger partial charge in [-0.3, -0.25) is 4.79 Å². The van der Waals surface area contributed by atoms with Gasteiger partial charge in [0, 0.05) is 11.8 Å². The zero-order valence-electron chi connectivity index (χ0n) is 8.00. The van der Waals surface area contributed by atoms with Crippen molar-refractivity contribution in [2.75, 3.05) is 11.5 Å². The van der Waals surface area contributed by atoms with Crippen LogP contribution in [0.1, 0.15) is 10.4 Å². The van der Waals surface area contributed by atoms with Crippen LogP contribution in [0.15, 0.2) is 30.9 Å². The van der Waals surface area contributed by atoms with Crippen molar-refractivity contribution in [3.63, 3.8) is 0 Å². The minimum Gasteiger partial charge on any atom is -0.293 e. The Bertz CT molecular complexity index is 377. The summed E-state index contributed by atoms with van der Waals surface area (Å²) in [5, 5.41) is 0. The first kappa shape index (κ1) is 11.9. The van der Waals surface area contributed by atoms with Gasteiger partial charge in [-0.25, -0.2) is 8.78 Å². The van der Waals surface area contributed by atoms with Crippen molar-refractivity contribution in [3.8, 4) is 0 Å². The highest BCUT2D eigenvalue weighted by Crippen LogP contribution is 2.13. The highest BCUT2D eigenvalue weighted by molar-refractivity contribution is 8.00. The van der Waals surface area contributed by atoms with E-state index in [-0.39, 0.29) is 17.1 Å². The Balaban J connectivity index is 2.69. The minimum atomic E-state index is -0.806. The number of Topliss-reactive ketones (excluding diaryl/α,β-unsaturated/α-hetero) is 1. The van der Waals surface area contributed by atoms with Crippen molar-refractivity contribution in [2.24, 2.45) is 0 Å². The molecule has 4 heteroatoms. The smallest absolute Gasteiger partial charge is 0.175 e. The molecule has 0 aromatic heterocycles. The summed E-state index contributed by atoms with van der Waals surface area (Å²) in [6.07, 6.45) is 1.67. The Hall–Kier alpha value is -1.16. The second-order valence-electron chi connectivity index (χ2n) is 2.85. The van der Waals surface area contributed by atoms with E-state index in [9.17, 15) is 13.6 Å². The molecule has 0 radical (unpaired) electrons. The summed E-state index contributed by atoms with van der Waals surface area (Å²) in [7, 11) is 0. The number of rotatable bonds is 5. The molecule has 0 aliphatic rings. The molecule has 1 rings (SSSR count). The van der Waals surface area contributed by atoms with E-state index in [0.29, 0.717) is 11.8 Å². The van der Waals surface area contributed by atoms with Gasteiger partial charge in [-0.2, -0.15) is 0 Å². The monoisotopic (exact) mass is 228 g/mol. The van der Waals surface area contributed by atoms with Crippen molar-refractivity contribution >= 4 is 17.5 Å². The molecule has 0 atom stereocenters. The van der Waals surface area contributed by atoms with Crippen LogP contribution in [0, 0.1) is 11.6 Å². The molecule has 1 nitrogen and oxygen atoms in total. The van der Waals surface area contributed by atoms with Gasteiger partial charge in [0.1, 0.15) is 11.6 Å². The predicted molar refractivity (Wildman–Crippen MR) is 58.2 cm³/mol. The van der Waals surface area contributed by atoms with Gasteiger partial charge in [0.15, 0.2) is 5.78 Å². The average molecular weight is 228 g/mol. The summed E-state index contributed by atoms with van der Waals surface area (Å²) in [5.41, 5.74) is -0.0621. The standard InChI is InChI=1S/C11H10F2OS/c1-2-5-15-7-11(14)9-4-3-8(12)6-10(9)13/h2-4,6H,1,5,7H2. The summed E-state index contributed by atoms with van der Waals surface area (Å²) in [6, 6.07) is 2.96. The molecule has 0 aliphatic carbocycles. The van der Waals surface area contributed by atoms with Crippen LogP contribution in [-0.2, 0) is 0 Å². The van der Waals surface area contributed by atoms with Crippen LogP contribution in [0.3, 0.4) is 0 Å². The maximum absolute atomic E-state index is 13.1. The van der Waals surface area contributed by atoms with Gasteiger partial charge in [-0.05, 0) is 12.1 Å². The van der Waals surface area contributed by atoms with Crippen LogP contribution < -0.4 is 0 Å². The lowest BCUT2D eigenvalue weighted by molar-refractivity contribution is 0.101. The second kappa shape index (κ2) is 5.66. The lowest BCUT2D eigenvalue weighted by Crippen LogP contribution is -2.05. The van der Waals surface area contributed by atoms with Crippen molar-refractivity contribution < 1.29 is 13.6 Å². The molecule has 0 spiro atoms. The third-order valence-corrected chi connectivity index (χ3v) is 2.64.